The van der Waals surface area contributed by atoms with Gasteiger partial charge in [-0.15, -0.1) is 0 Å². The minimum atomic E-state index is -0.399. The molecule has 3 nitrogen and oxygen atoms in total. The Labute approximate surface area is 123 Å². The van der Waals surface area contributed by atoms with Gasteiger partial charge < -0.3 is 10.1 Å². The van der Waals surface area contributed by atoms with Crippen molar-refractivity contribution in [2.24, 2.45) is 0 Å². The lowest BCUT2D eigenvalue weighted by Gasteiger charge is -2.21. The van der Waals surface area contributed by atoms with Crippen LogP contribution in [0.3, 0.4) is 0 Å². The van der Waals surface area contributed by atoms with E-state index >= 15 is 0 Å². The van der Waals surface area contributed by atoms with Crippen molar-refractivity contribution in [1.82, 2.24) is 10.3 Å². The van der Waals surface area contributed by atoms with Gasteiger partial charge >= 0.3 is 0 Å². The van der Waals surface area contributed by atoms with Crippen LogP contribution in [0.15, 0.2) is 36.7 Å². The molecule has 0 aliphatic heterocycles. The van der Waals surface area contributed by atoms with Gasteiger partial charge in [-0.3, -0.25) is 4.98 Å². The summed E-state index contributed by atoms with van der Waals surface area (Å²) in [5.74, 6) is -0.554. The quantitative estimate of drug-likeness (QED) is 0.910. The first-order valence-electron chi connectivity index (χ1n) is 6.71. The van der Waals surface area contributed by atoms with Crippen molar-refractivity contribution in [2.45, 2.75) is 25.9 Å². The van der Waals surface area contributed by atoms with Gasteiger partial charge in [0.15, 0.2) is 11.6 Å². The van der Waals surface area contributed by atoms with Crippen LogP contribution in [0, 0.1) is 11.6 Å². The molecule has 0 radical (unpaired) electrons. The first-order valence-corrected chi connectivity index (χ1v) is 6.71. The maximum atomic E-state index is 13.7. The second-order valence-electron chi connectivity index (χ2n) is 4.94. The van der Waals surface area contributed by atoms with E-state index in [-0.39, 0.29) is 23.7 Å². The molecule has 0 amide bonds. The Morgan fingerprint density at radius 2 is 1.76 bits per heavy atom. The Kier molecular flexibility index (Phi) is 4.85. The maximum absolute atomic E-state index is 13.7. The first-order chi connectivity index (χ1) is 10.0. The summed E-state index contributed by atoms with van der Waals surface area (Å²) >= 11 is 0. The number of hydrogen-bond acceptors (Lipinski definition) is 3. The van der Waals surface area contributed by atoms with Gasteiger partial charge in [-0.2, -0.15) is 0 Å². The number of methoxy groups -OCH3 is 1. The Balaban J connectivity index is 2.10. The largest absolute Gasteiger partial charge is 0.494 e. The molecule has 112 valence electrons. The average Bonchev–Trinajstić information content (AvgIpc) is 2.47. The lowest BCUT2D eigenvalue weighted by molar-refractivity contribution is 0.385. The number of pyridine rings is 1. The smallest absolute Gasteiger partial charge is 0.165 e. The Morgan fingerprint density at radius 3 is 2.38 bits per heavy atom. The Morgan fingerprint density at radius 1 is 1.05 bits per heavy atom. The van der Waals surface area contributed by atoms with Crippen LogP contribution in [-0.2, 0) is 0 Å². The summed E-state index contributed by atoms with van der Waals surface area (Å²) in [6.45, 7) is 3.83. The standard InChI is InChI=1S/C16H18F2N2O/c1-10(12-4-5-16(21-3)15(18)7-12)20-11(2)13-6-14(17)9-19-8-13/h4-11,20H,1-3H3. The molecule has 0 fully saturated rings. The average molecular weight is 292 g/mol. The van der Waals surface area contributed by atoms with Gasteiger partial charge in [0.1, 0.15) is 5.82 Å². The molecule has 0 saturated carbocycles. The van der Waals surface area contributed by atoms with E-state index in [9.17, 15) is 8.78 Å². The third-order valence-electron chi connectivity index (χ3n) is 3.40. The summed E-state index contributed by atoms with van der Waals surface area (Å²) in [5.41, 5.74) is 1.54. The number of ether oxygens (including phenoxy) is 1. The topological polar surface area (TPSA) is 34.1 Å². The minimum Gasteiger partial charge on any atom is -0.494 e. The molecule has 0 spiro atoms. The van der Waals surface area contributed by atoms with Gasteiger partial charge in [-0.05, 0) is 43.2 Å². The zero-order valence-electron chi connectivity index (χ0n) is 12.2. The van der Waals surface area contributed by atoms with Crippen molar-refractivity contribution >= 4 is 0 Å². The number of hydrogen-bond donors (Lipinski definition) is 1. The highest BCUT2D eigenvalue weighted by atomic mass is 19.1. The highest BCUT2D eigenvalue weighted by Crippen LogP contribution is 2.24. The van der Waals surface area contributed by atoms with Crippen molar-refractivity contribution in [3.8, 4) is 5.75 Å². The predicted molar refractivity (Wildman–Crippen MR) is 77.1 cm³/mol. The molecule has 2 unspecified atom stereocenters. The number of nitrogens with zero attached hydrogens (tertiary/aromatic N) is 1. The molecule has 21 heavy (non-hydrogen) atoms. The monoisotopic (exact) mass is 292 g/mol. The first kappa shape index (κ1) is 15.4. The van der Waals surface area contributed by atoms with Gasteiger partial charge in [0, 0.05) is 18.3 Å². The molecular formula is C16H18F2N2O. The van der Waals surface area contributed by atoms with Gasteiger partial charge in [0.2, 0.25) is 0 Å². The summed E-state index contributed by atoms with van der Waals surface area (Å²) in [4.78, 5) is 3.83. The van der Waals surface area contributed by atoms with E-state index in [1.165, 1.54) is 25.4 Å². The molecule has 1 aromatic heterocycles. The predicted octanol–water partition coefficient (Wildman–Crippen LogP) is 3.78. The third-order valence-corrected chi connectivity index (χ3v) is 3.40. The Hall–Kier alpha value is -2.01. The van der Waals surface area contributed by atoms with Crippen LogP contribution in [0.2, 0.25) is 0 Å². The maximum Gasteiger partial charge on any atom is 0.165 e. The van der Waals surface area contributed by atoms with E-state index in [0.717, 1.165) is 11.1 Å². The molecule has 2 rings (SSSR count). The van der Waals surface area contributed by atoms with E-state index in [4.69, 9.17) is 4.74 Å². The number of rotatable bonds is 5. The van der Waals surface area contributed by atoms with Crippen LogP contribution < -0.4 is 10.1 Å². The molecule has 1 heterocycles. The van der Waals surface area contributed by atoms with Gasteiger partial charge in [0.05, 0.1) is 13.3 Å². The number of aromatic nitrogens is 1. The summed E-state index contributed by atoms with van der Waals surface area (Å²) < 4.78 is 31.8. The fraction of sp³-hybridized carbons (Fsp3) is 0.312. The highest BCUT2D eigenvalue weighted by molar-refractivity contribution is 5.31. The SMILES string of the molecule is COc1ccc(C(C)NC(C)c2cncc(F)c2)cc1F. The van der Waals surface area contributed by atoms with Crippen LogP contribution in [0.4, 0.5) is 8.78 Å². The lowest BCUT2D eigenvalue weighted by atomic mass is 10.0. The fourth-order valence-electron chi connectivity index (χ4n) is 2.18. The molecule has 0 bridgehead atoms. The number of nitrogens with one attached hydrogen (secondary N) is 1. The number of benzene rings is 1. The van der Waals surface area contributed by atoms with E-state index in [1.807, 2.05) is 13.8 Å². The highest BCUT2D eigenvalue weighted by Gasteiger charge is 2.14. The molecule has 0 aliphatic carbocycles. The van der Waals surface area contributed by atoms with Crippen molar-refractivity contribution in [3.05, 3.63) is 59.4 Å². The summed E-state index contributed by atoms with van der Waals surface area (Å²) in [6, 6.07) is 6.07. The van der Waals surface area contributed by atoms with Gasteiger partial charge in [-0.1, -0.05) is 6.07 Å². The van der Waals surface area contributed by atoms with Gasteiger partial charge in [0.25, 0.3) is 0 Å². The molecule has 1 aromatic carbocycles. The molecule has 0 aliphatic rings. The molecule has 2 atom stereocenters. The van der Waals surface area contributed by atoms with E-state index < -0.39 is 5.82 Å². The number of halogens is 2. The van der Waals surface area contributed by atoms with E-state index in [2.05, 4.69) is 10.3 Å². The zero-order valence-corrected chi connectivity index (χ0v) is 12.2. The second-order valence-corrected chi connectivity index (χ2v) is 4.94. The third kappa shape index (κ3) is 3.76. The van der Waals surface area contributed by atoms with Crippen LogP contribution >= 0.6 is 0 Å². The van der Waals surface area contributed by atoms with E-state index in [0.29, 0.717) is 0 Å². The van der Waals surface area contributed by atoms with Crippen LogP contribution in [0.5, 0.6) is 5.75 Å². The van der Waals surface area contributed by atoms with Crippen LogP contribution in [-0.4, -0.2) is 12.1 Å². The minimum absolute atomic E-state index is 0.0938. The van der Waals surface area contributed by atoms with Crippen LogP contribution in [0.1, 0.15) is 37.1 Å². The van der Waals surface area contributed by atoms with Crippen molar-refractivity contribution < 1.29 is 13.5 Å². The van der Waals surface area contributed by atoms with Crippen molar-refractivity contribution in [1.29, 1.82) is 0 Å². The van der Waals surface area contributed by atoms with Crippen LogP contribution in [0.25, 0.3) is 0 Å². The molecular weight excluding hydrogens is 274 g/mol. The summed E-state index contributed by atoms with van der Waals surface area (Å²) in [5, 5.41) is 3.29. The molecule has 0 saturated heterocycles. The molecule has 5 heteroatoms. The Bertz CT molecular complexity index is 619. The summed E-state index contributed by atoms with van der Waals surface area (Å²) in [7, 11) is 1.43. The van der Waals surface area contributed by atoms with E-state index in [1.54, 1.807) is 18.3 Å². The summed E-state index contributed by atoms with van der Waals surface area (Å²) in [6.07, 6.45) is 2.78. The molecule has 1 N–H and O–H groups in total. The zero-order chi connectivity index (χ0) is 15.4. The molecule has 2 aromatic rings. The fourth-order valence-corrected chi connectivity index (χ4v) is 2.18. The second kappa shape index (κ2) is 6.63. The van der Waals surface area contributed by atoms with Gasteiger partial charge in [-0.25, -0.2) is 8.78 Å². The van der Waals surface area contributed by atoms with Crippen molar-refractivity contribution in [3.63, 3.8) is 0 Å². The van der Waals surface area contributed by atoms with Crippen molar-refractivity contribution in [2.75, 3.05) is 7.11 Å². The lowest BCUT2D eigenvalue weighted by Crippen LogP contribution is -2.22. The normalized spacial score (nSPS) is 13.8.